The molecule has 25 heavy (non-hydrogen) atoms. The minimum atomic E-state index is -0.783. The number of hydrogen-bond donors (Lipinski definition) is 2. The second-order valence-electron chi connectivity index (χ2n) is 7.23. The summed E-state index contributed by atoms with van der Waals surface area (Å²) < 4.78 is 45.6. The molecule has 2 N–H and O–H groups in total. The third-order valence-corrected chi connectivity index (χ3v) is 5.70. The lowest BCUT2D eigenvalue weighted by atomic mass is 9.61. The molecule has 4 unspecified atom stereocenters. The Morgan fingerprint density at radius 2 is 1.12 bits per heavy atom. The third kappa shape index (κ3) is 2.30. The van der Waals surface area contributed by atoms with Crippen molar-refractivity contribution >= 4 is 14.2 Å². The summed E-state index contributed by atoms with van der Waals surface area (Å²) in [5.74, 6) is 0. The topological polar surface area (TPSA) is 114 Å². The SMILES string of the molecule is O[C@@H]1C2OB(CB3OC4[C@@H]5OC[C@@H](O5)C(O3)[C@@H]4O)OC1[C@H]1CO[C@@H]2O1. The fourth-order valence-electron chi connectivity index (χ4n) is 4.48. The number of ether oxygens (including phenoxy) is 4. The Bertz CT molecular complexity index is 469. The summed E-state index contributed by atoms with van der Waals surface area (Å²) in [6.45, 7) is 0.758. The second kappa shape index (κ2) is 5.61. The van der Waals surface area contributed by atoms with Gasteiger partial charge in [-0.15, -0.1) is 0 Å². The number of aliphatic hydroxyl groups excluding tert-OH is 2. The first kappa shape index (κ1) is 15.8. The molecule has 0 aromatic carbocycles. The van der Waals surface area contributed by atoms with Gasteiger partial charge in [0.1, 0.15) is 36.6 Å². The predicted molar refractivity (Wildman–Crippen MR) is 77.0 cm³/mol. The van der Waals surface area contributed by atoms with Crippen molar-refractivity contribution in [3.8, 4) is 0 Å². The molecule has 6 aliphatic heterocycles. The average molecular weight is 356 g/mol. The van der Waals surface area contributed by atoms with Crippen LogP contribution in [-0.4, -0.2) is 99.1 Å². The fraction of sp³-hybridized carbons (Fsp3) is 1.00. The number of fused-ring (bicyclic) bond motifs is 12. The van der Waals surface area contributed by atoms with Gasteiger partial charge in [0.2, 0.25) is 0 Å². The van der Waals surface area contributed by atoms with Gasteiger partial charge in [-0.05, 0) is 0 Å². The van der Waals surface area contributed by atoms with Gasteiger partial charge in [0.15, 0.2) is 12.6 Å². The highest BCUT2D eigenvalue weighted by Gasteiger charge is 2.60. The van der Waals surface area contributed by atoms with Crippen molar-refractivity contribution in [1.82, 2.24) is 0 Å². The molecular formula is C13H18B2O10. The quantitative estimate of drug-likeness (QED) is 0.507. The van der Waals surface area contributed by atoms with Crippen molar-refractivity contribution in [2.24, 2.45) is 0 Å². The molecule has 0 radical (unpaired) electrons. The van der Waals surface area contributed by atoms with Crippen molar-refractivity contribution in [1.29, 1.82) is 0 Å². The van der Waals surface area contributed by atoms with Crippen LogP contribution in [0, 0.1) is 0 Å². The first-order valence-corrected chi connectivity index (χ1v) is 8.69. The van der Waals surface area contributed by atoms with Crippen LogP contribution in [0.2, 0.25) is 6.22 Å². The summed E-state index contributed by atoms with van der Waals surface area (Å²) in [4.78, 5) is 0. The number of rotatable bonds is 2. The highest BCUT2D eigenvalue weighted by molar-refractivity contribution is 6.65. The fourth-order valence-corrected chi connectivity index (χ4v) is 4.48. The van der Waals surface area contributed by atoms with Gasteiger partial charge in [0.25, 0.3) is 0 Å². The van der Waals surface area contributed by atoms with Gasteiger partial charge in [-0.3, -0.25) is 0 Å². The van der Waals surface area contributed by atoms with E-state index in [0.29, 0.717) is 19.4 Å². The molecular weight excluding hydrogens is 338 g/mol. The highest BCUT2D eigenvalue weighted by Crippen LogP contribution is 2.39. The van der Waals surface area contributed by atoms with Crippen molar-refractivity contribution in [3.63, 3.8) is 0 Å². The van der Waals surface area contributed by atoms with Gasteiger partial charge in [0.05, 0.1) is 25.4 Å². The van der Waals surface area contributed by atoms with E-state index in [2.05, 4.69) is 0 Å². The molecule has 0 spiro atoms. The predicted octanol–water partition coefficient (Wildman–Crippen LogP) is -2.70. The van der Waals surface area contributed by atoms with E-state index in [1.54, 1.807) is 0 Å². The Hall–Kier alpha value is -0.270. The highest BCUT2D eigenvalue weighted by atomic mass is 16.8. The summed E-state index contributed by atoms with van der Waals surface area (Å²) in [5.41, 5.74) is 0. The molecule has 0 amide bonds. The van der Waals surface area contributed by atoms with E-state index >= 15 is 0 Å². The van der Waals surface area contributed by atoms with E-state index < -0.39 is 63.4 Å². The van der Waals surface area contributed by atoms with Gasteiger partial charge >= 0.3 is 14.2 Å². The third-order valence-electron chi connectivity index (χ3n) is 5.70. The van der Waals surface area contributed by atoms with E-state index in [4.69, 9.17) is 37.6 Å². The summed E-state index contributed by atoms with van der Waals surface area (Å²) in [6.07, 6.45) is -5.20. The lowest BCUT2D eigenvalue weighted by Crippen LogP contribution is -2.66. The molecule has 0 saturated carbocycles. The normalized spacial score (nSPS) is 56.4. The maximum Gasteiger partial charge on any atom is 0.455 e. The average Bonchev–Trinajstić information content (AvgIpc) is 3.22. The molecule has 6 saturated heterocycles. The van der Waals surface area contributed by atoms with Crippen LogP contribution in [-0.2, 0) is 37.6 Å². The standard InChI is InChI=1S/C13H18B2O10/c16-6-8-4-1-18-12(20-4)10(6)24-14(22-8)3-15-23-9-5-2-19-13(21-5)11(25-15)7(9)17/h4-13,16-17H,1-3H2/t4-,5-,6+,7+,8?,9?,10?,11?,12-,13-/m1/s1. The first-order chi connectivity index (χ1) is 12.2. The zero-order valence-electron chi connectivity index (χ0n) is 13.2. The molecule has 6 rings (SSSR count). The Balaban J connectivity index is 1.16. The monoisotopic (exact) mass is 356 g/mol. The molecule has 6 aliphatic rings. The van der Waals surface area contributed by atoms with E-state index in [0.717, 1.165) is 0 Å². The molecule has 0 aliphatic carbocycles. The van der Waals surface area contributed by atoms with Gasteiger partial charge < -0.3 is 47.8 Å². The number of hydrogen-bond acceptors (Lipinski definition) is 10. The molecule has 8 bridgehead atoms. The van der Waals surface area contributed by atoms with Gasteiger partial charge in [-0.1, -0.05) is 0 Å². The second-order valence-corrected chi connectivity index (χ2v) is 7.23. The Morgan fingerprint density at radius 3 is 1.60 bits per heavy atom. The van der Waals surface area contributed by atoms with Crippen molar-refractivity contribution < 1.29 is 47.8 Å². The van der Waals surface area contributed by atoms with Crippen LogP contribution in [0.5, 0.6) is 0 Å². The Morgan fingerprint density at radius 1 is 0.680 bits per heavy atom. The molecule has 12 heteroatoms. The largest absolute Gasteiger partial charge is 0.455 e. The molecule has 0 aromatic rings. The van der Waals surface area contributed by atoms with Crippen molar-refractivity contribution in [2.75, 3.05) is 13.2 Å². The van der Waals surface area contributed by atoms with Gasteiger partial charge in [0, 0.05) is 6.22 Å². The number of aliphatic hydroxyl groups is 2. The molecule has 10 nitrogen and oxygen atoms in total. The van der Waals surface area contributed by atoms with Crippen LogP contribution < -0.4 is 0 Å². The maximum absolute atomic E-state index is 10.3. The Labute approximate surface area is 143 Å². The maximum atomic E-state index is 10.3. The molecule has 6 heterocycles. The van der Waals surface area contributed by atoms with E-state index in [9.17, 15) is 10.2 Å². The summed E-state index contributed by atoms with van der Waals surface area (Å²) >= 11 is 0. The summed E-state index contributed by atoms with van der Waals surface area (Å²) in [6, 6.07) is 0. The molecule has 0 aromatic heterocycles. The first-order valence-electron chi connectivity index (χ1n) is 8.69. The molecule has 136 valence electrons. The smallest absolute Gasteiger partial charge is 0.403 e. The Kier molecular flexibility index (Phi) is 3.54. The van der Waals surface area contributed by atoms with Crippen molar-refractivity contribution in [3.05, 3.63) is 0 Å². The zero-order chi connectivity index (χ0) is 16.7. The van der Waals surface area contributed by atoms with E-state index in [1.165, 1.54) is 0 Å². The van der Waals surface area contributed by atoms with Crippen LogP contribution >= 0.6 is 0 Å². The summed E-state index contributed by atoms with van der Waals surface area (Å²) in [7, 11) is -1.23. The van der Waals surface area contributed by atoms with Gasteiger partial charge in [-0.2, -0.15) is 0 Å². The molecule has 6 fully saturated rings. The van der Waals surface area contributed by atoms with Crippen LogP contribution in [0.3, 0.4) is 0 Å². The minimum Gasteiger partial charge on any atom is -0.403 e. The van der Waals surface area contributed by atoms with Crippen LogP contribution in [0.15, 0.2) is 0 Å². The van der Waals surface area contributed by atoms with Gasteiger partial charge in [-0.25, -0.2) is 0 Å². The summed E-state index contributed by atoms with van der Waals surface area (Å²) in [5, 5.41) is 20.6. The van der Waals surface area contributed by atoms with Crippen LogP contribution in [0.1, 0.15) is 0 Å². The van der Waals surface area contributed by atoms with E-state index in [1.807, 2.05) is 0 Å². The van der Waals surface area contributed by atoms with Crippen molar-refractivity contribution in [2.45, 2.75) is 67.6 Å². The van der Waals surface area contributed by atoms with E-state index in [-0.39, 0.29) is 12.2 Å². The van der Waals surface area contributed by atoms with Crippen LogP contribution in [0.4, 0.5) is 0 Å². The molecule has 10 atom stereocenters. The van der Waals surface area contributed by atoms with Crippen LogP contribution in [0.25, 0.3) is 0 Å². The minimum absolute atomic E-state index is 0.297. The lowest BCUT2D eigenvalue weighted by Gasteiger charge is -2.46. The lowest BCUT2D eigenvalue weighted by molar-refractivity contribution is -0.248. The zero-order valence-corrected chi connectivity index (χ0v) is 13.2.